The number of benzene rings is 2. The Labute approximate surface area is 199 Å². The first-order valence-corrected chi connectivity index (χ1v) is 11.1. The van der Waals surface area contributed by atoms with Crippen molar-refractivity contribution in [3.05, 3.63) is 53.3 Å². The molecule has 0 unspecified atom stereocenters. The molecule has 1 atom stereocenters. The second kappa shape index (κ2) is 9.96. The fourth-order valence-corrected chi connectivity index (χ4v) is 4.35. The second-order valence-corrected chi connectivity index (χ2v) is 8.88. The number of alkyl halides is 6. The Bertz CT molecular complexity index is 1100. The third kappa shape index (κ3) is 6.00. The lowest BCUT2D eigenvalue weighted by molar-refractivity contribution is -0.143. The van der Waals surface area contributed by atoms with E-state index in [0.717, 1.165) is 52.9 Å². The quantitative estimate of drug-likeness (QED) is 0.393. The van der Waals surface area contributed by atoms with E-state index in [1.807, 2.05) is 0 Å². The number of carbonyl (C=O) groups is 2. The molecule has 2 amide bonds. The molecule has 35 heavy (non-hydrogen) atoms. The first-order valence-electron chi connectivity index (χ1n) is 10.2. The van der Waals surface area contributed by atoms with Gasteiger partial charge in [0, 0.05) is 24.5 Å². The van der Waals surface area contributed by atoms with E-state index < -0.39 is 52.1 Å². The van der Waals surface area contributed by atoms with Crippen LogP contribution in [0.15, 0.2) is 36.4 Å². The summed E-state index contributed by atoms with van der Waals surface area (Å²) in [6.45, 7) is 1.63. The molecule has 1 aliphatic heterocycles. The molecule has 2 aromatic rings. The summed E-state index contributed by atoms with van der Waals surface area (Å²) in [5.74, 6) is -1.86. The zero-order chi connectivity index (χ0) is 26.1. The van der Waals surface area contributed by atoms with Gasteiger partial charge in [0.05, 0.1) is 11.3 Å². The molecule has 1 heterocycles. The molecule has 190 valence electrons. The molecule has 1 saturated heterocycles. The normalized spacial score (nSPS) is 16.9. The fraction of sp³-hybridized carbons (Fsp3) is 0.364. The van der Waals surface area contributed by atoms with Gasteiger partial charge in [-0.15, -0.1) is 0 Å². The Morgan fingerprint density at radius 2 is 1.74 bits per heavy atom. The van der Waals surface area contributed by atoms with Gasteiger partial charge < -0.3 is 4.74 Å². The molecule has 0 radical (unpaired) electrons. The number of hydrogen-bond donors (Lipinski definition) is 0. The Hall–Kier alpha value is -2.96. The molecule has 2 aromatic carbocycles. The molecule has 0 aromatic heterocycles. The summed E-state index contributed by atoms with van der Waals surface area (Å²) in [5, 5.41) is -0.915. The predicted octanol–water partition coefficient (Wildman–Crippen LogP) is 7.34. The molecule has 13 heteroatoms. The molecule has 0 aliphatic carbocycles. The number of nitrogens with zero attached hydrogens (tertiary/aromatic N) is 2. The minimum absolute atomic E-state index is 0.0498. The van der Waals surface area contributed by atoms with E-state index in [0.29, 0.717) is 18.9 Å². The summed E-state index contributed by atoms with van der Waals surface area (Å²) >= 11 is 0.786. The molecule has 0 spiro atoms. The van der Waals surface area contributed by atoms with Crippen LogP contribution in [-0.2, 0) is 12.4 Å². The van der Waals surface area contributed by atoms with Gasteiger partial charge in [0.1, 0.15) is 11.4 Å². The van der Waals surface area contributed by atoms with Gasteiger partial charge in [0.25, 0.3) is 5.24 Å². The van der Waals surface area contributed by atoms with E-state index in [1.165, 1.54) is 0 Å². The van der Waals surface area contributed by atoms with Crippen molar-refractivity contribution < 1.29 is 45.1 Å². The van der Waals surface area contributed by atoms with Crippen molar-refractivity contribution in [2.75, 3.05) is 23.4 Å². The Morgan fingerprint density at radius 1 is 1.11 bits per heavy atom. The Morgan fingerprint density at radius 3 is 2.26 bits per heavy atom. The van der Waals surface area contributed by atoms with Gasteiger partial charge in [0.2, 0.25) is 0 Å². The van der Waals surface area contributed by atoms with Gasteiger partial charge in [-0.3, -0.25) is 14.6 Å². The van der Waals surface area contributed by atoms with E-state index >= 15 is 0 Å². The van der Waals surface area contributed by atoms with Crippen molar-refractivity contribution in [2.45, 2.75) is 37.4 Å². The molecule has 1 fully saturated rings. The summed E-state index contributed by atoms with van der Waals surface area (Å²) in [5.41, 5.74) is -4.28. The van der Waals surface area contributed by atoms with E-state index in [1.54, 1.807) is 6.92 Å². The zero-order valence-electron chi connectivity index (χ0n) is 18.3. The third-order valence-electron chi connectivity index (χ3n) is 5.29. The van der Waals surface area contributed by atoms with Crippen LogP contribution >= 0.6 is 11.8 Å². The number of thioether (sulfide) groups is 1. The maximum absolute atomic E-state index is 13.9. The Balaban J connectivity index is 2.12. The van der Waals surface area contributed by atoms with Gasteiger partial charge in [-0.1, -0.05) is 18.7 Å². The summed E-state index contributed by atoms with van der Waals surface area (Å²) in [4.78, 5) is 26.8. The molecular formula is C22H19F7N2O3S. The zero-order valence-corrected chi connectivity index (χ0v) is 19.2. The highest BCUT2D eigenvalue weighted by atomic mass is 32.2. The van der Waals surface area contributed by atoms with Crippen LogP contribution in [0.4, 0.5) is 51.7 Å². The lowest BCUT2D eigenvalue weighted by Gasteiger charge is -2.33. The highest BCUT2D eigenvalue weighted by Crippen LogP contribution is 2.47. The Kier molecular flexibility index (Phi) is 7.58. The number of ether oxygens (including phenoxy) is 1. The predicted molar refractivity (Wildman–Crippen MR) is 116 cm³/mol. The van der Waals surface area contributed by atoms with Crippen molar-refractivity contribution in [1.82, 2.24) is 0 Å². The number of anilines is 2. The van der Waals surface area contributed by atoms with Gasteiger partial charge in [-0.05, 0) is 49.2 Å². The highest BCUT2D eigenvalue weighted by molar-refractivity contribution is 8.14. The first-order chi connectivity index (χ1) is 16.2. The monoisotopic (exact) mass is 524 g/mol. The SMILES string of the molecule is CC[C@H]1CCN(c2cc(C(F)(F)F)cc(C(F)(F)F)c2OC(=O)N(C)c2ccc(F)cc2)C(=O)S1. The number of rotatable bonds is 4. The molecule has 5 nitrogen and oxygen atoms in total. The van der Waals surface area contributed by atoms with Crippen LogP contribution in [0.3, 0.4) is 0 Å². The molecule has 0 N–H and O–H groups in total. The minimum Gasteiger partial charge on any atom is -0.407 e. The van der Waals surface area contributed by atoms with Gasteiger partial charge >= 0.3 is 18.4 Å². The summed E-state index contributed by atoms with van der Waals surface area (Å²) in [6, 6.07) is 4.51. The van der Waals surface area contributed by atoms with E-state index in [4.69, 9.17) is 4.74 Å². The maximum atomic E-state index is 13.9. The maximum Gasteiger partial charge on any atom is 0.420 e. The van der Waals surface area contributed by atoms with Crippen molar-refractivity contribution in [2.24, 2.45) is 0 Å². The van der Waals surface area contributed by atoms with Crippen LogP contribution in [0.5, 0.6) is 5.75 Å². The highest BCUT2D eigenvalue weighted by Gasteiger charge is 2.43. The lowest BCUT2D eigenvalue weighted by Crippen LogP contribution is -2.37. The second-order valence-electron chi connectivity index (χ2n) is 7.63. The van der Waals surface area contributed by atoms with Crippen LogP contribution < -0.4 is 14.5 Å². The van der Waals surface area contributed by atoms with Crippen LogP contribution in [0.25, 0.3) is 0 Å². The molecule has 1 aliphatic rings. The smallest absolute Gasteiger partial charge is 0.407 e. The van der Waals surface area contributed by atoms with Crippen molar-refractivity contribution in [3.8, 4) is 5.75 Å². The fourth-order valence-electron chi connectivity index (χ4n) is 3.36. The van der Waals surface area contributed by atoms with E-state index in [-0.39, 0.29) is 23.5 Å². The largest absolute Gasteiger partial charge is 0.420 e. The lowest BCUT2D eigenvalue weighted by atomic mass is 10.1. The van der Waals surface area contributed by atoms with Crippen molar-refractivity contribution in [1.29, 1.82) is 0 Å². The third-order valence-corrected chi connectivity index (χ3v) is 6.61. The molecule has 0 saturated carbocycles. The topological polar surface area (TPSA) is 49.9 Å². The van der Waals surface area contributed by atoms with Gasteiger partial charge in [-0.2, -0.15) is 26.3 Å². The first kappa shape index (κ1) is 26.6. The van der Waals surface area contributed by atoms with E-state index in [2.05, 4.69) is 0 Å². The number of amides is 2. The van der Waals surface area contributed by atoms with Crippen molar-refractivity contribution in [3.63, 3.8) is 0 Å². The minimum atomic E-state index is -5.35. The standard InChI is InChI=1S/C22H19F7N2O3S/c1-3-15-8-9-31(20(33)35-15)17-11-12(21(24,25)26)10-16(22(27,28)29)18(17)34-19(32)30(2)14-6-4-13(23)5-7-14/h4-7,10-11,15H,3,8-9H2,1-2H3/t15-/m0/s1. The molecule has 3 rings (SSSR count). The molecular weight excluding hydrogens is 505 g/mol. The van der Waals surface area contributed by atoms with Gasteiger partial charge in [-0.25, -0.2) is 9.18 Å². The summed E-state index contributed by atoms with van der Waals surface area (Å²) in [7, 11) is 1.13. The van der Waals surface area contributed by atoms with E-state index in [9.17, 15) is 40.3 Å². The average molecular weight is 524 g/mol. The van der Waals surface area contributed by atoms with Crippen LogP contribution in [0.1, 0.15) is 30.9 Å². The summed E-state index contributed by atoms with van der Waals surface area (Å²) < 4.78 is 100. The van der Waals surface area contributed by atoms with Crippen molar-refractivity contribution >= 4 is 34.5 Å². The van der Waals surface area contributed by atoms with Gasteiger partial charge in [0.15, 0.2) is 5.75 Å². The van der Waals surface area contributed by atoms with Crippen LogP contribution in [0, 0.1) is 5.82 Å². The average Bonchev–Trinajstić information content (AvgIpc) is 2.77. The number of hydrogen-bond acceptors (Lipinski definition) is 4. The van der Waals surface area contributed by atoms with Crippen LogP contribution in [0.2, 0.25) is 0 Å². The summed E-state index contributed by atoms with van der Waals surface area (Å²) in [6.07, 6.45) is -11.0. The number of carbonyl (C=O) groups excluding carboxylic acids is 2. The number of halogens is 7. The molecule has 0 bridgehead atoms. The van der Waals surface area contributed by atoms with Crippen LogP contribution in [-0.4, -0.2) is 30.2 Å².